The van der Waals surface area contributed by atoms with Crippen LogP contribution >= 0.6 is 0 Å². The number of fused-ring (bicyclic) bond motifs is 3. The van der Waals surface area contributed by atoms with Crippen LogP contribution in [0.5, 0.6) is 5.88 Å². The van der Waals surface area contributed by atoms with E-state index in [0.29, 0.717) is 37.0 Å². The zero-order chi connectivity index (χ0) is 23.9. The minimum atomic E-state index is -4.59. The largest absolute Gasteiger partial charge is 0.471 e. The predicted molar refractivity (Wildman–Crippen MR) is 111 cm³/mol. The van der Waals surface area contributed by atoms with Gasteiger partial charge in [-0.1, -0.05) is 0 Å². The average molecular weight is 473 g/mol. The van der Waals surface area contributed by atoms with Crippen LogP contribution in [0.15, 0.2) is 49.1 Å². The van der Waals surface area contributed by atoms with Crippen LogP contribution in [0.25, 0.3) is 11.4 Å². The molecule has 0 unspecified atom stereocenters. The molecule has 176 valence electrons. The maximum atomic E-state index is 14.1. The Labute approximate surface area is 191 Å². The Hall–Kier alpha value is -3.63. The first-order chi connectivity index (χ1) is 16.3. The minimum absolute atomic E-state index is 0.0397. The van der Waals surface area contributed by atoms with Crippen molar-refractivity contribution >= 4 is 5.91 Å². The summed E-state index contributed by atoms with van der Waals surface area (Å²) >= 11 is 0. The number of halogens is 4. The molecule has 4 heterocycles. The van der Waals surface area contributed by atoms with Crippen molar-refractivity contribution in [3.63, 3.8) is 0 Å². The van der Waals surface area contributed by atoms with Crippen molar-refractivity contribution in [3.8, 4) is 17.3 Å². The van der Waals surface area contributed by atoms with E-state index < -0.39 is 23.8 Å². The molecule has 0 N–H and O–H groups in total. The third kappa shape index (κ3) is 4.29. The van der Waals surface area contributed by atoms with Crippen LogP contribution in [0.4, 0.5) is 17.6 Å². The number of hydrogen-bond donors (Lipinski definition) is 0. The first-order valence-corrected chi connectivity index (χ1v) is 10.7. The van der Waals surface area contributed by atoms with Gasteiger partial charge in [0.05, 0.1) is 24.0 Å². The first kappa shape index (κ1) is 22.2. The van der Waals surface area contributed by atoms with Gasteiger partial charge in [-0.05, 0) is 49.4 Å². The Bertz CT molecular complexity index is 1190. The number of carbonyl (C=O) groups excluding carboxylic acids is 1. The molecule has 6 rings (SSSR count). The number of amides is 1. The molecule has 2 bridgehead atoms. The molecule has 2 aromatic heterocycles. The van der Waals surface area contributed by atoms with Crippen molar-refractivity contribution in [2.24, 2.45) is 5.92 Å². The smallest absolute Gasteiger partial charge is 0.434 e. The molecule has 1 saturated carbocycles. The highest BCUT2D eigenvalue weighted by atomic mass is 19.4. The van der Waals surface area contributed by atoms with Gasteiger partial charge < -0.3 is 9.64 Å². The highest BCUT2D eigenvalue weighted by molar-refractivity contribution is 6.00. The second kappa shape index (κ2) is 8.62. The minimum Gasteiger partial charge on any atom is -0.471 e. The van der Waals surface area contributed by atoms with Gasteiger partial charge in [0.1, 0.15) is 11.9 Å². The summed E-state index contributed by atoms with van der Waals surface area (Å²) in [4.78, 5) is 30.7. The molecule has 3 aliphatic rings. The van der Waals surface area contributed by atoms with Gasteiger partial charge in [0, 0.05) is 24.5 Å². The van der Waals surface area contributed by atoms with Crippen molar-refractivity contribution in [3.05, 3.63) is 66.1 Å². The van der Waals surface area contributed by atoms with Crippen LogP contribution in [-0.4, -0.2) is 49.4 Å². The lowest BCUT2D eigenvalue weighted by atomic mass is 9.77. The second-order valence-electron chi connectivity index (χ2n) is 8.36. The molecular weight excluding hydrogens is 454 g/mol. The maximum Gasteiger partial charge on any atom is 0.434 e. The predicted octanol–water partition coefficient (Wildman–Crippen LogP) is 4.16. The third-order valence-electron chi connectivity index (χ3n) is 6.19. The van der Waals surface area contributed by atoms with Gasteiger partial charge in [0.25, 0.3) is 5.91 Å². The van der Waals surface area contributed by atoms with Gasteiger partial charge in [-0.25, -0.2) is 24.3 Å². The molecule has 34 heavy (non-hydrogen) atoms. The van der Waals surface area contributed by atoms with E-state index in [2.05, 4.69) is 19.9 Å². The van der Waals surface area contributed by atoms with E-state index in [4.69, 9.17) is 4.74 Å². The molecule has 3 atom stereocenters. The highest BCUT2D eigenvalue weighted by Gasteiger charge is 2.45. The quantitative estimate of drug-likeness (QED) is 0.530. The number of rotatable bonds is 4. The van der Waals surface area contributed by atoms with Crippen molar-refractivity contribution < 1.29 is 27.1 Å². The Balaban J connectivity index is 1.40. The van der Waals surface area contributed by atoms with E-state index in [-0.39, 0.29) is 29.3 Å². The van der Waals surface area contributed by atoms with E-state index in [1.165, 1.54) is 30.6 Å². The molecular formula is C23H19F4N5O2. The zero-order valence-electron chi connectivity index (χ0n) is 17.7. The van der Waals surface area contributed by atoms with E-state index >= 15 is 0 Å². The Kier molecular flexibility index (Phi) is 5.62. The summed E-state index contributed by atoms with van der Waals surface area (Å²) < 4.78 is 58.3. The van der Waals surface area contributed by atoms with Crippen LogP contribution in [0, 0.1) is 11.7 Å². The molecule has 1 aromatic carbocycles. The molecule has 11 heteroatoms. The number of carbonyl (C=O) groups is 1. The number of piperidine rings is 2. The molecule has 2 aliphatic heterocycles. The number of aromatic nitrogens is 4. The molecule has 3 fully saturated rings. The number of nitrogens with zero attached hydrogens (tertiary/aromatic N) is 5. The van der Waals surface area contributed by atoms with Crippen LogP contribution in [0.3, 0.4) is 0 Å². The summed E-state index contributed by atoms with van der Waals surface area (Å²) in [6.07, 6.45) is 1.76. The fourth-order valence-corrected chi connectivity index (χ4v) is 4.65. The SMILES string of the molecule is O=C(c1cc(F)ccc1-c1ncccn1)N1C[C@@H]2CC[C@H]1[C@H](Oc1cnc(C(F)(F)F)cn1)C2. The molecule has 7 nitrogen and oxygen atoms in total. The number of ether oxygens (including phenoxy) is 1. The fraction of sp³-hybridized carbons (Fsp3) is 0.348. The maximum absolute atomic E-state index is 14.1. The number of hydrogen-bond acceptors (Lipinski definition) is 6. The van der Waals surface area contributed by atoms with Gasteiger partial charge in [0.15, 0.2) is 11.5 Å². The van der Waals surface area contributed by atoms with Crippen LogP contribution in [-0.2, 0) is 6.18 Å². The van der Waals surface area contributed by atoms with E-state index in [1.54, 1.807) is 11.0 Å². The monoisotopic (exact) mass is 473 g/mol. The van der Waals surface area contributed by atoms with Crippen molar-refractivity contribution in [2.75, 3.05) is 6.54 Å². The standard InChI is InChI=1S/C23H19F4N5O2/c24-14-3-4-15(21-28-6-1-7-29-21)16(9-14)22(33)32-12-13-2-5-17(32)18(8-13)34-20-11-30-19(10-31-20)23(25,26)27/h1,3-4,6-7,9-11,13,17-18H,2,5,8,12H2/t13-,17+,18-/m1/s1. The van der Waals surface area contributed by atoms with Crippen molar-refractivity contribution in [1.82, 2.24) is 24.8 Å². The van der Waals surface area contributed by atoms with E-state index in [1.807, 2.05) is 0 Å². The molecule has 1 amide bonds. The van der Waals surface area contributed by atoms with Crippen LogP contribution < -0.4 is 4.74 Å². The second-order valence-corrected chi connectivity index (χ2v) is 8.36. The highest BCUT2D eigenvalue weighted by Crippen LogP contribution is 2.39. The van der Waals surface area contributed by atoms with Crippen LogP contribution in [0.1, 0.15) is 35.3 Å². The lowest BCUT2D eigenvalue weighted by Crippen LogP contribution is -2.59. The normalized spacial score (nSPS) is 22.0. The first-order valence-electron chi connectivity index (χ1n) is 10.7. The lowest BCUT2D eigenvalue weighted by molar-refractivity contribution is -0.141. The number of alkyl halides is 3. The summed E-state index contributed by atoms with van der Waals surface area (Å²) in [6, 6.07) is 5.21. The fourth-order valence-electron chi connectivity index (χ4n) is 4.65. The molecule has 2 saturated heterocycles. The summed E-state index contributed by atoms with van der Waals surface area (Å²) in [6.45, 7) is 0.480. The van der Waals surface area contributed by atoms with Crippen molar-refractivity contribution in [1.29, 1.82) is 0 Å². The molecule has 1 aliphatic carbocycles. The Morgan fingerprint density at radius 1 is 1.06 bits per heavy atom. The topological polar surface area (TPSA) is 81.1 Å². The Morgan fingerprint density at radius 2 is 1.85 bits per heavy atom. The number of benzene rings is 1. The van der Waals surface area contributed by atoms with E-state index in [0.717, 1.165) is 12.6 Å². The Morgan fingerprint density at radius 3 is 2.53 bits per heavy atom. The molecule has 0 spiro atoms. The summed E-state index contributed by atoms with van der Waals surface area (Å²) in [5, 5.41) is 0. The molecule has 0 radical (unpaired) electrons. The van der Waals surface area contributed by atoms with Crippen LogP contribution in [0.2, 0.25) is 0 Å². The van der Waals surface area contributed by atoms with Gasteiger partial charge >= 0.3 is 6.18 Å². The average Bonchev–Trinajstić information content (AvgIpc) is 2.84. The van der Waals surface area contributed by atoms with E-state index in [9.17, 15) is 22.4 Å². The molecule has 3 aromatic rings. The van der Waals surface area contributed by atoms with Gasteiger partial charge in [-0.3, -0.25) is 4.79 Å². The summed E-state index contributed by atoms with van der Waals surface area (Å²) in [7, 11) is 0. The van der Waals surface area contributed by atoms with Crippen molar-refractivity contribution in [2.45, 2.75) is 37.6 Å². The zero-order valence-corrected chi connectivity index (χ0v) is 17.7. The summed E-state index contributed by atoms with van der Waals surface area (Å²) in [5.74, 6) is -0.518. The van der Waals surface area contributed by atoms with Gasteiger partial charge in [0.2, 0.25) is 5.88 Å². The summed E-state index contributed by atoms with van der Waals surface area (Å²) in [5.41, 5.74) is -0.546. The van der Waals surface area contributed by atoms with Gasteiger partial charge in [-0.15, -0.1) is 0 Å². The van der Waals surface area contributed by atoms with Gasteiger partial charge in [-0.2, -0.15) is 13.2 Å². The third-order valence-corrected chi connectivity index (χ3v) is 6.19. The lowest BCUT2D eigenvalue weighted by Gasteiger charge is -2.49.